The first-order valence-electron chi connectivity index (χ1n) is 12.4. The van der Waals surface area contributed by atoms with Gasteiger partial charge in [-0.05, 0) is 69.1 Å². The summed E-state index contributed by atoms with van der Waals surface area (Å²) in [7, 11) is 1.81. The number of carbonyl (C=O) groups is 1. The average Bonchev–Trinajstić information content (AvgIpc) is 3.58. The predicted octanol–water partition coefficient (Wildman–Crippen LogP) is 2.21. The molecule has 35 heavy (non-hydrogen) atoms. The molecule has 0 saturated carbocycles. The largest absolute Gasteiger partial charge is 0.373 e. The number of nitrogens with one attached hydrogen (secondary N) is 4. The monoisotopic (exact) mass is 475 g/mol. The molecule has 4 N–H and O–H groups in total. The van der Waals surface area contributed by atoms with Crippen LogP contribution in [0.3, 0.4) is 0 Å². The second-order valence-corrected chi connectivity index (χ2v) is 9.32. The van der Waals surface area contributed by atoms with E-state index in [0.29, 0.717) is 18.3 Å². The number of aromatic nitrogens is 1. The lowest BCUT2D eigenvalue weighted by molar-refractivity contribution is 0.102. The van der Waals surface area contributed by atoms with Gasteiger partial charge in [-0.25, -0.2) is 4.99 Å². The Hall–Kier alpha value is -3.59. The molecule has 0 aliphatic carbocycles. The number of aliphatic imine (C=N–C) groups is 1. The number of hydrogen-bond donors (Lipinski definition) is 4. The van der Waals surface area contributed by atoms with Gasteiger partial charge in [0, 0.05) is 61.0 Å². The van der Waals surface area contributed by atoms with E-state index in [-0.39, 0.29) is 17.2 Å². The van der Waals surface area contributed by atoms with Crippen LogP contribution in [-0.4, -0.2) is 67.6 Å². The number of amidine groups is 1. The summed E-state index contributed by atoms with van der Waals surface area (Å²) in [6.45, 7) is 5.03. The Morgan fingerprint density at radius 1 is 1.14 bits per heavy atom. The zero-order chi connectivity index (χ0) is 24.2. The van der Waals surface area contributed by atoms with Gasteiger partial charge in [-0.15, -0.1) is 0 Å². The highest BCUT2D eigenvalue weighted by Crippen LogP contribution is 2.27. The van der Waals surface area contributed by atoms with Crippen molar-refractivity contribution < 1.29 is 4.79 Å². The smallest absolute Gasteiger partial charge is 0.271 e. The van der Waals surface area contributed by atoms with Crippen LogP contribution in [0.25, 0.3) is 5.70 Å². The highest BCUT2D eigenvalue weighted by molar-refractivity contribution is 6.05. The normalized spacial score (nSPS) is 20.3. The fourth-order valence-electron chi connectivity index (χ4n) is 5.14. The van der Waals surface area contributed by atoms with Gasteiger partial charge in [0.15, 0.2) is 0 Å². The number of nitrogens with zero attached hydrogens (tertiary/aromatic N) is 3. The van der Waals surface area contributed by atoms with Crippen LogP contribution in [0.5, 0.6) is 0 Å². The molecule has 5 rings (SSSR count). The molecule has 2 fully saturated rings. The molecular formula is C26H33N7O2. The summed E-state index contributed by atoms with van der Waals surface area (Å²) in [6.07, 6.45) is 8.51. The molecule has 9 heteroatoms. The summed E-state index contributed by atoms with van der Waals surface area (Å²) in [4.78, 5) is 37.4. The van der Waals surface area contributed by atoms with E-state index in [9.17, 15) is 9.59 Å². The molecule has 0 bridgehead atoms. The minimum absolute atomic E-state index is 0.206. The van der Waals surface area contributed by atoms with Crippen molar-refractivity contribution in [2.24, 2.45) is 4.99 Å². The zero-order valence-corrected chi connectivity index (χ0v) is 20.1. The first-order valence-corrected chi connectivity index (χ1v) is 12.4. The van der Waals surface area contributed by atoms with Crippen LogP contribution in [0.15, 0.2) is 52.4 Å². The first-order chi connectivity index (χ1) is 17.1. The maximum absolute atomic E-state index is 12.9. The van der Waals surface area contributed by atoms with Gasteiger partial charge in [0.1, 0.15) is 18.2 Å². The minimum Gasteiger partial charge on any atom is -0.373 e. The molecule has 1 amide bonds. The number of rotatable bonds is 6. The topological polar surface area (TPSA) is 105 Å². The van der Waals surface area contributed by atoms with Crippen LogP contribution in [0.4, 0.5) is 11.4 Å². The molecular weight excluding hydrogens is 442 g/mol. The summed E-state index contributed by atoms with van der Waals surface area (Å²) in [5.74, 6) is 0.439. The number of aromatic amines is 1. The highest BCUT2D eigenvalue weighted by atomic mass is 16.2. The van der Waals surface area contributed by atoms with Gasteiger partial charge in [-0.2, -0.15) is 0 Å². The van der Waals surface area contributed by atoms with Gasteiger partial charge in [0.05, 0.1) is 0 Å². The van der Waals surface area contributed by atoms with Crippen LogP contribution >= 0.6 is 0 Å². The number of amides is 1. The van der Waals surface area contributed by atoms with E-state index in [1.165, 1.54) is 38.8 Å². The van der Waals surface area contributed by atoms with Crippen molar-refractivity contribution in [1.29, 1.82) is 0 Å². The van der Waals surface area contributed by atoms with Crippen molar-refractivity contribution in [3.05, 3.63) is 64.1 Å². The lowest BCUT2D eigenvalue weighted by atomic mass is 10.1. The molecule has 184 valence electrons. The molecule has 0 unspecified atom stereocenters. The van der Waals surface area contributed by atoms with E-state index < -0.39 is 0 Å². The summed E-state index contributed by atoms with van der Waals surface area (Å²) < 4.78 is 0. The number of anilines is 2. The molecule has 9 nitrogen and oxygen atoms in total. The van der Waals surface area contributed by atoms with Gasteiger partial charge in [-0.3, -0.25) is 9.59 Å². The maximum Gasteiger partial charge on any atom is 0.271 e. The SMILES string of the molecule is CNC1=NCNC(c2c[nH]c(=O)c(NC(=O)c3ccc(N4CCC[C@H]4CN4CCCC4)cc3)c2)=C1. The standard InChI is InChI=1S/C26H33N7O2/c1-27-24-14-22(29-17-30-24)19-13-23(26(35)28-15-19)31-25(34)18-6-8-20(9-7-18)33-12-4-5-21(33)16-32-10-2-3-11-32/h6-9,13-15,21,29H,2-5,10-12,16-17H2,1H3,(H,27,30)(H,28,35)(H,31,34)/t21-/m0/s1. The van der Waals surface area contributed by atoms with Crippen LogP contribution in [0.1, 0.15) is 41.6 Å². The van der Waals surface area contributed by atoms with Gasteiger partial charge in [0.25, 0.3) is 11.5 Å². The van der Waals surface area contributed by atoms with Crippen molar-refractivity contribution in [1.82, 2.24) is 20.5 Å². The van der Waals surface area contributed by atoms with E-state index in [1.54, 1.807) is 19.3 Å². The van der Waals surface area contributed by atoms with E-state index in [4.69, 9.17) is 0 Å². The zero-order valence-electron chi connectivity index (χ0n) is 20.1. The van der Waals surface area contributed by atoms with Gasteiger partial charge in [-0.1, -0.05) is 0 Å². The van der Waals surface area contributed by atoms with E-state index >= 15 is 0 Å². The van der Waals surface area contributed by atoms with E-state index in [0.717, 1.165) is 35.9 Å². The van der Waals surface area contributed by atoms with Crippen LogP contribution in [0, 0.1) is 0 Å². The summed E-state index contributed by atoms with van der Waals surface area (Å²) >= 11 is 0. The van der Waals surface area contributed by atoms with Crippen LogP contribution in [-0.2, 0) is 0 Å². The van der Waals surface area contributed by atoms with Gasteiger partial charge < -0.3 is 30.7 Å². The molecule has 1 aromatic carbocycles. The summed E-state index contributed by atoms with van der Waals surface area (Å²) in [5.41, 5.74) is 3.11. The van der Waals surface area contributed by atoms with Crippen molar-refractivity contribution in [3.8, 4) is 0 Å². The Balaban J connectivity index is 1.27. The summed E-state index contributed by atoms with van der Waals surface area (Å²) in [5, 5.41) is 8.97. The molecule has 3 aliphatic heterocycles. The molecule has 1 aromatic heterocycles. The molecule has 3 aliphatic rings. The second kappa shape index (κ2) is 10.4. The molecule has 0 radical (unpaired) electrons. The highest BCUT2D eigenvalue weighted by Gasteiger charge is 2.27. The van der Waals surface area contributed by atoms with E-state index in [1.807, 2.05) is 30.3 Å². The number of pyridine rings is 1. The molecule has 2 saturated heterocycles. The van der Waals surface area contributed by atoms with Crippen LogP contribution < -0.4 is 26.4 Å². The third-order valence-electron chi connectivity index (χ3n) is 7.02. The number of carbonyl (C=O) groups excluding carboxylic acids is 1. The third kappa shape index (κ3) is 5.24. The average molecular weight is 476 g/mol. The fraction of sp³-hybridized carbons (Fsp3) is 0.423. The second-order valence-electron chi connectivity index (χ2n) is 9.32. The molecule has 2 aromatic rings. The quantitative estimate of drug-likeness (QED) is 0.511. The Kier molecular flexibility index (Phi) is 6.85. The Morgan fingerprint density at radius 2 is 1.94 bits per heavy atom. The molecule has 0 spiro atoms. The van der Waals surface area contributed by atoms with Crippen molar-refractivity contribution >= 4 is 28.8 Å². The third-order valence-corrected chi connectivity index (χ3v) is 7.02. The van der Waals surface area contributed by atoms with Gasteiger partial charge in [0.2, 0.25) is 0 Å². The number of H-pyrrole nitrogens is 1. The first kappa shape index (κ1) is 23.2. The number of benzene rings is 1. The Labute approximate surface area is 205 Å². The van der Waals surface area contributed by atoms with Crippen molar-refractivity contribution in [2.75, 3.05) is 50.1 Å². The molecule has 4 heterocycles. The van der Waals surface area contributed by atoms with E-state index in [2.05, 4.69) is 35.7 Å². The minimum atomic E-state index is -0.348. The lowest BCUT2D eigenvalue weighted by Gasteiger charge is -2.30. The lowest BCUT2D eigenvalue weighted by Crippen LogP contribution is -2.39. The number of likely N-dealkylation sites (N-methyl/N-ethyl adjacent to an activating group) is 1. The van der Waals surface area contributed by atoms with Crippen molar-refractivity contribution in [3.63, 3.8) is 0 Å². The number of likely N-dealkylation sites (tertiary alicyclic amines) is 1. The van der Waals surface area contributed by atoms with Crippen LogP contribution in [0.2, 0.25) is 0 Å². The fourth-order valence-corrected chi connectivity index (χ4v) is 5.14. The number of hydrogen-bond acceptors (Lipinski definition) is 7. The molecule has 1 atom stereocenters. The van der Waals surface area contributed by atoms with Gasteiger partial charge >= 0.3 is 0 Å². The Bertz CT molecular complexity index is 1180. The maximum atomic E-state index is 12.9. The Morgan fingerprint density at radius 3 is 2.71 bits per heavy atom. The summed E-state index contributed by atoms with van der Waals surface area (Å²) in [6, 6.07) is 9.94. The predicted molar refractivity (Wildman–Crippen MR) is 140 cm³/mol. The van der Waals surface area contributed by atoms with Crippen molar-refractivity contribution in [2.45, 2.75) is 31.7 Å².